The van der Waals surface area contributed by atoms with Gasteiger partial charge in [0.05, 0.1) is 19.8 Å². The predicted octanol–water partition coefficient (Wildman–Crippen LogP) is 2.56. The molecule has 0 aliphatic heterocycles. The lowest BCUT2D eigenvalue weighted by atomic mass is 9.99. The Morgan fingerprint density at radius 1 is 1.22 bits per heavy atom. The molecular formula is C14H20O4. The van der Waals surface area contributed by atoms with Gasteiger partial charge in [-0.2, -0.15) is 0 Å². The number of ether oxygens (including phenoxy) is 3. The van der Waals surface area contributed by atoms with E-state index in [2.05, 4.69) is 0 Å². The summed E-state index contributed by atoms with van der Waals surface area (Å²) in [6.45, 7) is 2.56. The zero-order valence-corrected chi connectivity index (χ0v) is 11.4. The van der Waals surface area contributed by atoms with Crippen molar-refractivity contribution in [1.29, 1.82) is 0 Å². The maximum absolute atomic E-state index is 12.1. The number of methoxy groups -OCH3 is 3. The molecule has 0 aliphatic carbocycles. The highest BCUT2D eigenvalue weighted by atomic mass is 16.5. The second-order valence-corrected chi connectivity index (χ2v) is 4.25. The maximum atomic E-state index is 12.1. The van der Waals surface area contributed by atoms with Crippen LogP contribution in [0.1, 0.15) is 23.7 Å². The van der Waals surface area contributed by atoms with Crippen LogP contribution in [0.5, 0.6) is 11.5 Å². The van der Waals surface area contributed by atoms with Gasteiger partial charge in [0.15, 0.2) is 5.78 Å². The van der Waals surface area contributed by atoms with Gasteiger partial charge in [-0.1, -0.05) is 6.92 Å². The molecule has 0 saturated heterocycles. The van der Waals surface area contributed by atoms with Crippen LogP contribution >= 0.6 is 0 Å². The number of rotatable bonds is 7. The van der Waals surface area contributed by atoms with Crippen molar-refractivity contribution < 1.29 is 19.0 Å². The molecule has 1 aromatic rings. The highest BCUT2D eigenvalue weighted by molar-refractivity contribution is 5.99. The third-order valence-corrected chi connectivity index (χ3v) is 2.69. The van der Waals surface area contributed by atoms with Crippen molar-refractivity contribution in [3.05, 3.63) is 23.8 Å². The molecule has 0 bridgehead atoms. The van der Waals surface area contributed by atoms with Crippen LogP contribution in [0.2, 0.25) is 0 Å². The van der Waals surface area contributed by atoms with Crippen LogP contribution in [0.15, 0.2) is 18.2 Å². The van der Waals surface area contributed by atoms with E-state index < -0.39 is 0 Å². The van der Waals surface area contributed by atoms with Crippen molar-refractivity contribution in [2.45, 2.75) is 13.3 Å². The van der Waals surface area contributed by atoms with Crippen molar-refractivity contribution in [3.63, 3.8) is 0 Å². The standard InChI is InChI=1S/C14H20O4/c1-10(9-16-2)7-13(15)12-6-5-11(17-3)8-14(12)18-4/h5-6,8,10H,7,9H2,1-4H3. The molecule has 0 aromatic heterocycles. The lowest BCUT2D eigenvalue weighted by molar-refractivity contribution is 0.0917. The Balaban J connectivity index is 2.84. The number of Topliss-reactive ketones (excluding diaryl/α,β-unsaturated/α-hetero) is 1. The van der Waals surface area contributed by atoms with Crippen molar-refractivity contribution in [1.82, 2.24) is 0 Å². The molecule has 1 atom stereocenters. The van der Waals surface area contributed by atoms with Gasteiger partial charge >= 0.3 is 0 Å². The Labute approximate surface area is 108 Å². The van der Waals surface area contributed by atoms with Gasteiger partial charge in [0.1, 0.15) is 11.5 Å². The predicted molar refractivity (Wildman–Crippen MR) is 69.5 cm³/mol. The zero-order chi connectivity index (χ0) is 13.5. The topological polar surface area (TPSA) is 44.8 Å². The quantitative estimate of drug-likeness (QED) is 0.700. The second kappa shape index (κ2) is 7.01. The Morgan fingerprint density at radius 3 is 2.50 bits per heavy atom. The summed E-state index contributed by atoms with van der Waals surface area (Å²) in [5, 5.41) is 0. The molecule has 0 fully saturated rings. The van der Waals surface area contributed by atoms with E-state index in [4.69, 9.17) is 14.2 Å². The third-order valence-electron chi connectivity index (χ3n) is 2.69. The molecule has 0 radical (unpaired) electrons. The smallest absolute Gasteiger partial charge is 0.166 e. The Bertz CT molecular complexity index is 401. The highest BCUT2D eigenvalue weighted by Gasteiger charge is 2.16. The van der Waals surface area contributed by atoms with Crippen LogP contribution in [0, 0.1) is 5.92 Å². The maximum Gasteiger partial charge on any atom is 0.166 e. The molecule has 18 heavy (non-hydrogen) atoms. The lowest BCUT2D eigenvalue weighted by Gasteiger charge is -2.12. The van der Waals surface area contributed by atoms with Gasteiger partial charge < -0.3 is 14.2 Å². The minimum Gasteiger partial charge on any atom is -0.497 e. The number of hydrogen-bond donors (Lipinski definition) is 0. The molecule has 1 unspecified atom stereocenters. The van der Waals surface area contributed by atoms with Crippen molar-refractivity contribution in [3.8, 4) is 11.5 Å². The van der Waals surface area contributed by atoms with E-state index in [9.17, 15) is 4.79 Å². The SMILES string of the molecule is COCC(C)CC(=O)c1ccc(OC)cc1OC. The van der Waals surface area contributed by atoms with E-state index in [1.54, 1.807) is 39.5 Å². The average Bonchev–Trinajstić information content (AvgIpc) is 2.38. The molecule has 0 spiro atoms. The summed E-state index contributed by atoms with van der Waals surface area (Å²) in [7, 11) is 4.76. The largest absolute Gasteiger partial charge is 0.497 e. The highest BCUT2D eigenvalue weighted by Crippen LogP contribution is 2.26. The molecule has 1 rings (SSSR count). The van der Waals surface area contributed by atoms with Gasteiger partial charge in [0.25, 0.3) is 0 Å². The van der Waals surface area contributed by atoms with E-state index >= 15 is 0 Å². The van der Waals surface area contributed by atoms with Crippen molar-refractivity contribution in [2.75, 3.05) is 27.9 Å². The minimum absolute atomic E-state index is 0.0547. The Hall–Kier alpha value is -1.55. The molecule has 4 heteroatoms. The number of ketones is 1. The van der Waals surface area contributed by atoms with Gasteiger partial charge in [-0.3, -0.25) is 4.79 Å². The van der Waals surface area contributed by atoms with E-state index in [0.29, 0.717) is 30.1 Å². The molecule has 100 valence electrons. The van der Waals surface area contributed by atoms with E-state index in [1.807, 2.05) is 6.92 Å². The summed E-state index contributed by atoms with van der Waals surface area (Å²) in [6.07, 6.45) is 0.441. The summed E-state index contributed by atoms with van der Waals surface area (Å²) >= 11 is 0. The minimum atomic E-state index is 0.0547. The average molecular weight is 252 g/mol. The Kier molecular flexibility index (Phi) is 5.65. The van der Waals surface area contributed by atoms with Crippen LogP contribution in [0.4, 0.5) is 0 Å². The molecule has 1 aromatic carbocycles. The van der Waals surface area contributed by atoms with Crippen LogP contribution in [-0.4, -0.2) is 33.7 Å². The third kappa shape index (κ3) is 3.74. The Morgan fingerprint density at radius 2 is 1.94 bits per heavy atom. The molecular weight excluding hydrogens is 232 g/mol. The van der Waals surface area contributed by atoms with E-state index in [1.165, 1.54) is 0 Å². The fourth-order valence-corrected chi connectivity index (χ4v) is 1.80. The summed E-state index contributed by atoms with van der Waals surface area (Å²) in [5.41, 5.74) is 0.584. The first-order valence-electron chi connectivity index (χ1n) is 5.86. The molecule has 0 amide bonds. The van der Waals surface area contributed by atoms with Crippen LogP contribution < -0.4 is 9.47 Å². The molecule has 0 saturated carbocycles. The first-order valence-corrected chi connectivity index (χ1v) is 5.86. The molecule has 4 nitrogen and oxygen atoms in total. The number of hydrogen-bond acceptors (Lipinski definition) is 4. The van der Waals surface area contributed by atoms with Gasteiger partial charge in [-0.15, -0.1) is 0 Å². The van der Waals surface area contributed by atoms with E-state index in [-0.39, 0.29) is 11.7 Å². The molecule has 0 aliphatic rings. The first-order chi connectivity index (χ1) is 8.62. The van der Waals surface area contributed by atoms with Gasteiger partial charge in [0, 0.05) is 26.2 Å². The fraction of sp³-hybridized carbons (Fsp3) is 0.500. The number of carbonyl (C=O) groups is 1. The summed E-state index contributed by atoms with van der Waals surface area (Å²) < 4.78 is 15.3. The van der Waals surface area contributed by atoms with Gasteiger partial charge in [-0.25, -0.2) is 0 Å². The first kappa shape index (κ1) is 14.5. The van der Waals surface area contributed by atoms with Crippen LogP contribution in [0.3, 0.4) is 0 Å². The molecule has 0 heterocycles. The van der Waals surface area contributed by atoms with E-state index in [0.717, 1.165) is 0 Å². The number of carbonyl (C=O) groups excluding carboxylic acids is 1. The lowest BCUT2D eigenvalue weighted by Crippen LogP contribution is -2.11. The molecule has 0 N–H and O–H groups in total. The van der Waals surface area contributed by atoms with Crippen molar-refractivity contribution >= 4 is 5.78 Å². The van der Waals surface area contributed by atoms with Crippen LogP contribution in [0.25, 0.3) is 0 Å². The van der Waals surface area contributed by atoms with Gasteiger partial charge in [-0.05, 0) is 18.1 Å². The van der Waals surface area contributed by atoms with Crippen LogP contribution in [-0.2, 0) is 4.74 Å². The zero-order valence-electron chi connectivity index (χ0n) is 11.4. The second-order valence-electron chi connectivity index (χ2n) is 4.25. The van der Waals surface area contributed by atoms with Gasteiger partial charge in [0.2, 0.25) is 0 Å². The van der Waals surface area contributed by atoms with Crippen molar-refractivity contribution in [2.24, 2.45) is 5.92 Å². The number of benzene rings is 1. The monoisotopic (exact) mass is 252 g/mol. The summed E-state index contributed by atoms with van der Waals surface area (Å²) in [5.74, 6) is 1.46. The summed E-state index contributed by atoms with van der Waals surface area (Å²) in [4.78, 5) is 12.1. The normalized spacial score (nSPS) is 12.0. The summed E-state index contributed by atoms with van der Waals surface area (Å²) in [6, 6.07) is 5.21. The fourth-order valence-electron chi connectivity index (χ4n) is 1.80.